The molecule has 2 atom stereocenters. The molecule has 0 aromatic heterocycles. The zero-order valence-corrected chi connectivity index (χ0v) is 8.79. The molecule has 4 heteroatoms. The van der Waals surface area contributed by atoms with E-state index >= 15 is 0 Å². The van der Waals surface area contributed by atoms with Crippen LogP contribution in [-0.2, 0) is 4.79 Å². The Balaban J connectivity index is 3.69. The first-order chi connectivity index (χ1) is 5.93. The van der Waals surface area contributed by atoms with Crippen LogP contribution in [0.25, 0.3) is 0 Å². The van der Waals surface area contributed by atoms with E-state index in [-0.39, 0.29) is 18.0 Å². The van der Waals surface area contributed by atoms with Gasteiger partial charge in [0.05, 0.1) is 12.1 Å². The standard InChI is InChI=1S/C9H20N2O2/c1-6(2)11-9(13)8(4)10-5-7(3)12/h6-8,10,12H,5H2,1-4H3,(H,11,13). The van der Waals surface area contributed by atoms with Crippen LogP contribution in [0.1, 0.15) is 27.7 Å². The van der Waals surface area contributed by atoms with Crippen LogP contribution >= 0.6 is 0 Å². The summed E-state index contributed by atoms with van der Waals surface area (Å²) in [6, 6.07) is -0.0969. The molecule has 0 aromatic carbocycles. The van der Waals surface area contributed by atoms with Crippen molar-refractivity contribution in [2.75, 3.05) is 6.54 Å². The topological polar surface area (TPSA) is 61.4 Å². The van der Waals surface area contributed by atoms with E-state index in [0.717, 1.165) is 0 Å². The van der Waals surface area contributed by atoms with Gasteiger partial charge in [-0.2, -0.15) is 0 Å². The Morgan fingerprint density at radius 2 is 1.85 bits per heavy atom. The Kier molecular flexibility index (Phi) is 5.66. The van der Waals surface area contributed by atoms with Crippen molar-refractivity contribution in [3.05, 3.63) is 0 Å². The summed E-state index contributed by atoms with van der Waals surface area (Å²) in [6.45, 7) is 7.73. The van der Waals surface area contributed by atoms with Gasteiger partial charge in [0.2, 0.25) is 5.91 Å². The third-order valence-corrected chi connectivity index (χ3v) is 1.54. The van der Waals surface area contributed by atoms with E-state index in [0.29, 0.717) is 6.54 Å². The Morgan fingerprint density at radius 1 is 1.31 bits per heavy atom. The van der Waals surface area contributed by atoms with Gasteiger partial charge in [0.15, 0.2) is 0 Å². The van der Waals surface area contributed by atoms with Gasteiger partial charge in [-0.05, 0) is 27.7 Å². The first kappa shape index (κ1) is 12.4. The van der Waals surface area contributed by atoms with Crippen LogP contribution in [-0.4, -0.2) is 35.7 Å². The van der Waals surface area contributed by atoms with Gasteiger partial charge in [-0.15, -0.1) is 0 Å². The molecule has 0 spiro atoms. The van der Waals surface area contributed by atoms with Gasteiger partial charge in [-0.3, -0.25) is 4.79 Å². The Morgan fingerprint density at radius 3 is 2.23 bits per heavy atom. The monoisotopic (exact) mass is 188 g/mol. The van der Waals surface area contributed by atoms with Crippen molar-refractivity contribution < 1.29 is 9.90 Å². The first-order valence-electron chi connectivity index (χ1n) is 4.65. The predicted molar refractivity (Wildman–Crippen MR) is 52.4 cm³/mol. The molecular formula is C9H20N2O2. The maximum atomic E-state index is 11.3. The molecule has 1 amide bonds. The van der Waals surface area contributed by atoms with Crippen LogP contribution in [0.3, 0.4) is 0 Å². The highest BCUT2D eigenvalue weighted by molar-refractivity contribution is 5.81. The SMILES string of the molecule is CC(O)CNC(C)C(=O)NC(C)C. The Hall–Kier alpha value is -0.610. The molecule has 0 aliphatic carbocycles. The third-order valence-electron chi connectivity index (χ3n) is 1.54. The van der Waals surface area contributed by atoms with Gasteiger partial charge in [-0.1, -0.05) is 0 Å². The highest BCUT2D eigenvalue weighted by Crippen LogP contribution is 1.86. The minimum Gasteiger partial charge on any atom is -0.392 e. The number of hydrogen-bond donors (Lipinski definition) is 3. The number of rotatable bonds is 5. The summed E-state index contributed by atoms with van der Waals surface area (Å²) in [5.74, 6) is -0.0318. The third kappa shape index (κ3) is 6.54. The molecule has 0 rings (SSSR count). The summed E-state index contributed by atoms with van der Waals surface area (Å²) in [5, 5.41) is 14.7. The van der Waals surface area contributed by atoms with Gasteiger partial charge in [0, 0.05) is 12.6 Å². The Bertz CT molecular complexity index is 158. The second-order valence-electron chi connectivity index (χ2n) is 3.64. The minimum absolute atomic E-state index is 0.0318. The molecule has 0 bridgehead atoms. The van der Waals surface area contributed by atoms with Crippen molar-refractivity contribution in [2.45, 2.75) is 45.9 Å². The molecule has 0 fully saturated rings. The zero-order chi connectivity index (χ0) is 10.4. The largest absolute Gasteiger partial charge is 0.392 e. The van der Waals surface area contributed by atoms with Crippen LogP contribution in [0.15, 0.2) is 0 Å². The summed E-state index contributed by atoms with van der Waals surface area (Å²) in [6.07, 6.45) is -0.422. The fourth-order valence-electron chi connectivity index (χ4n) is 0.850. The van der Waals surface area contributed by atoms with Crippen LogP contribution in [0.5, 0.6) is 0 Å². The molecule has 0 radical (unpaired) electrons. The van der Waals surface area contributed by atoms with E-state index < -0.39 is 6.10 Å². The second kappa shape index (κ2) is 5.94. The second-order valence-corrected chi connectivity index (χ2v) is 3.64. The summed E-state index contributed by atoms with van der Waals surface area (Å²) in [4.78, 5) is 11.3. The first-order valence-corrected chi connectivity index (χ1v) is 4.65. The lowest BCUT2D eigenvalue weighted by Gasteiger charge is -2.16. The lowest BCUT2D eigenvalue weighted by atomic mass is 10.2. The van der Waals surface area contributed by atoms with Crippen molar-refractivity contribution >= 4 is 5.91 Å². The van der Waals surface area contributed by atoms with Crippen molar-refractivity contribution in [2.24, 2.45) is 0 Å². The molecule has 3 N–H and O–H groups in total. The molecule has 0 aliphatic heterocycles. The summed E-state index contributed by atoms with van der Waals surface area (Å²) in [7, 11) is 0. The number of aliphatic hydroxyl groups excluding tert-OH is 1. The van der Waals surface area contributed by atoms with Crippen LogP contribution in [0.2, 0.25) is 0 Å². The quantitative estimate of drug-likeness (QED) is 0.563. The highest BCUT2D eigenvalue weighted by atomic mass is 16.3. The smallest absolute Gasteiger partial charge is 0.237 e. The number of aliphatic hydroxyl groups is 1. The van der Waals surface area contributed by atoms with Crippen LogP contribution in [0.4, 0.5) is 0 Å². The predicted octanol–water partition coefficient (Wildman–Crippen LogP) is -0.130. The van der Waals surface area contributed by atoms with E-state index in [4.69, 9.17) is 5.11 Å². The van der Waals surface area contributed by atoms with Crippen molar-refractivity contribution in [1.29, 1.82) is 0 Å². The fraction of sp³-hybridized carbons (Fsp3) is 0.889. The van der Waals surface area contributed by atoms with Gasteiger partial charge in [-0.25, -0.2) is 0 Å². The molecular weight excluding hydrogens is 168 g/mol. The van der Waals surface area contributed by atoms with Crippen LogP contribution < -0.4 is 10.6 Å². The van der Waals surface area contributed by atoms with Gasteiger partial charge in [0.1, 0.15) is 0 Å². The van der Waals surface area contributed by atoms with Gasteiger partial charge < -0.3 is 15.7 Å². The maximum Gasteiger partial charge on any atom is 0.237 e. The normalized spacial score (nSPS) is 15.5. The summed E-state index contributed by atoms with van der Waals surface area (Å²) in [5.41, 5.74) is 0. The molecule has 0 saturated carbocycles. The van der Waals surface area contributed by atoms with E-state index in [1.807, 2.05) is 13.8 Å². The highest BCUT2D eigenvalue weighted by Gasteiger charge is 2.12. The number of amides is 1. The van der Waals surface area contributed by atoms with E-state index in [1.165, 1.54) is 0 Å². The molecule has 0 aliphatic rings. The van der Waals surface area contributed by atoms with E-state index in [2.05, 4.69) is 10.6 Å². The molecule has 4 nitrogen and oxygen atoms in total. The molecule has 0 saturated heterocycles. The van der Waals surface area contributed by atoms with E-state index in [1.54, 1.807) is 13.8 Å². The maximum absolute atomic E-state index is 11.3. The van der Waals surface area contributed by atoms with E-state index in [9.17, 15) is 4.79 Å². The summed E-state index contributed by atoms with van der Waals surface area (Å²) >= 11 is 0. The van der Waals surface area contributed by atoms with Crippen molar-refractivity contribution in [3.8, 4) is 0 Å². The fourth-order valence-corrected chi connectivity index (χ4v) is 0.850. The number of carbonyl (C=O) groups excluding carboxylic acids is 1. The van der Waals surface area contributed by atoms with Crippen LogP contribution in [0, 0.1) is 0 Å². The zero-order valence-electron chi connectivity index (χ0n) is 8.79. The molecule has 13 heavy (non-hydrogen) atoms. The van der Waals surface area contributed by atoms with Gasteiger partial charge >= 0.3 is 0 Å². The Labute approximate surface area is 79.7 Å². The lowest BCUT2D eigenvalue weighted by Crippen LogP contribution is -2.46. The molecule has 0 heterocycles. The molecule has 0 aromatic rings. The average molecular weight is 188 g/mol. The van der Waals surface area contributed by atoms with Crippen molar-refractivity contribution in [1.82, 2.24) is 10.6 Å². The number of carbonyl (C=O) groups is 1. The summed E-state index contributed by atoms with van der Waals surface area (Å²) < 4.78 is 0. The molecule has 2 unspecified atom stereocenters. The minimum atomic E-state index is -0.422. The average Bonchev–Trinajstić information content (AvgIpc) is 1.98. The number of nitrogens with one attached hydrogen (secondary N) is 2. The van der Waals surface area contributed by atoms with Gasteiger partial charge in [0.25, 0.3) is 0 Å². The molecule has 78 valence electrons. The van der Waals surface area contributed by atoms with Crippen molar-refractivity contribution in [3.63, 3.8) is 0 Å². The number of hydrogen-bond acceptors (Lipinski definition) is 3. The lowest BCUT2D eigenvalue weighted by molar-refractivity contribution is -0.123.